The van der Waals surface area contributed by atoms with Crippen LogP contribution in [0.25, 0.3) is 0 Å². The van der Waals surface area contributed by atoms with E-state index in [-0.39, 0.29) is 24.3 Å². The zero-order valence-corrected chi connectivity index (χ0v) is 12.4. The fourth-order valence-corrected chi connectivity index (χ4v) is 2.25. The second-order valence-electron chi connectivity index (χ2n) is 4.78. The van der Waals surface area contributed by atoms with Crippen molar-refractivity contribution in [3.63, 3.8) is 0 Å². The monoisotopic (exact) mass is 310 g/mol. The van der Waals surface area contributed by atoms with Crippen LogP contribution in [-0.2, 0) is 0 Å². The Hall–Kier alpha value is -2.08. The molecule has 21 heavy (non-hydrogen) atoms. The lowest BCUT2D eigenvalue weighted by atomic mass is 10.1. The summed E-state index contributed by atoms with van der Waals surface area (Å²) in [5.41, 5.74) is 11.2. The van der Waals surface area contributed by atoms with Gasteiger partial charge >= 0.3 is 0 Å². The molecule has 2 amide bonds. The van der Waals surface area contributed by atoms with Crippen LogP contribution in [0.3, 0.4) is 0 Å². The number of piperidine rings is 1. The van der Waals surface area contributed by atoms with E-state index in [2.05, 4.69) is 4.99 Å². The molecular formula is C14H19ClN4O2. The van der Waals surface area contributed by atoms with Crippen LogP contribution in [0, 0.1) is 0 Å². The quantitative estimate of drug-likeness (QED) is 0.632. The van der Waals surface area contributed by atoms with Crippen molar-refractivity contribution in [2.24, 2.45) is 16.5 Å². The van der Waals surface area contributed by atoms with Gasteiger partial charge < -0.3 is 16.4 Å². The molecule has 1 aromatic carbocycles. The fourth-order valence-electron chi connectivity index (χ4n) is 2.25. The van der Waals surface area contributed by atoms with Crippen LogP contribution in [0.15, 0.2) is 29.3 Å². The van der Waals surface area contributed by atoms with Gasteiger partial charge in [-0.15, -0.1) is 12.4 Å². The van der Waals surface area contributed by atoms with Crippen LogP contribution >= 0.6 is 12.4 Å². The first kappa shape index (κ1) is 17.0. The summed E-state index contributed by atoms with van der Waals surface area (Å²) < 4.78 is 0. The second kappa shape index (κ2) is 7.64. The number of benzene rings is 1. The van der Waals surface area contributed by atoms with E-state index in [0.717, 1.165) is 32.4 Å². The molecule has 0 atom stereocenters. The Morgan fingerprint density at radius 2 is 1.67 bits per heavy atom. The smallest absolute Gasteiger partial charge is 0.280 e. The maximum absolute atomic E-state index is 12.3. The third kappa shape index (κ3) is 4.46. The maximum atomic E-state index is 12.3. The highest BCUT2D eigenvalue weighted by atomic mass is 35.5. The molecule has 0 unspecified atom stereocenters. The lowest BCUT2D eigenvalue weighted by Gasteiger charge is -2.26. The van der Waals surface area contributed by atoms with Crippen LogP contribution < -0.4 is 11.5 Å². The molecule has 4 N–H and O–H groups in total. The predicted molar refractivity (Wildman–Crippen MR) is 83.6 cm³/mol. The average Bonchev–Trinajstić information content (AvgIpc) is 2.47. The third-order valence-electron chi connectivity index (χ3n) is 3.23. The van der Waals surface area contributed by atoms with Crippen molar-refractivity contribution in [3.05, 3.63) is 35.4 Å². The molecule has 0 bridgehead atoms. The van der Waals surface area contributed by atoms with Gasteiger partial charge in [0.25, 0.3) is 11.8 Å². The van der Waals surface area contributed by atoms with E-state index >= 15 is 0 Å². The maximum Gasteiger partial charge on any atom is 0.280 e. The molecular weight excluding hydrogens is 292 g/mol. The molecule has 2 rings (SSSR count). The molecule has 1 saturated heterocycles. The van der Waals surface area contributed by atoms with E-state index < -0.39 is 5.91 Å². The largest absolute Gasteiger partial charge is 0.370 e. The van der Waals surface area contributed by atoms with E-state index in [4.69, 9.17) is 11.5 Å². The Morgan fingerprint density at radius 1 is 1.05 bits per heavy atom. The third-order valence-corrected chi connectivity index (χ3v) is 3.23. The summed E-state index contributed by atoms with van der Waals surface area (Å²) >= 11 is 0. The molecule has 0 aromatic heterocycles. The Bertz CT molecular complexity index is 550. The predicted octanol–water partition coefficient (Wildman–Crippen LogP) is 1.15. The SMILES string of the molecule is Cl.NC(N)=NC(=O)c1cccc(C(=O)N2CCCCC2)c1. The number of amides is 2. The van der Waals surface area contributed by atoms with E-state index in [1.165, 1.54) is 6.07 Å². The molecule has 114 valence electrons. The topological polar surface area (TPSA) is 102 Å². The van der Waals surface area contributed by atoms with Gasteiger partial charge in [0.1, 0.15) is 0 Å². The second-order valence-corrected chi connectivity index (χ2v) is 4.78. The van der Waals surface area contributed by atoms with Gasteiger partial charge in [-0.25, -0.2) is 0 Å². The fraction of sp³-hybridized carbons (Fsp3) is 0.357. The molecule has 0 aliphatic carbocycles. The van der Waals surface area contributed by atoms with Gasteiger partial charge in [-0.05, 0) is 37.5 Å². The minimum atomic E-state index is -0.543. The summed E-state index contributed by atoms with van der Waals surface area (Å²) in [6.07, 6.45) is 3.21. The Balaban J connectivity index is 0.00000220. The summed E-state index contributed by atoms with van der Waals surface area (Å²) in [6, 6.07) is 6.48. The summed E-state index contributed by atoms with van der Waals surface area (Å²) in [4.78, 5) is 29.3. The van der Waals surface area contributed by atoms with Crippen molar-refractivity contribution in [1.82, 2.24) is 4.90 Å². The number of likely N-dealkylation sites (tertiary alicyclic amines) is 1. The van der Waals surface area contributed by atoms with E-state index in [0.29, 0.717) is 11.1 Å². The number of carbonyl (C=O) groups excluding carboxylic acids is 2. The minimum Gasteiger partial charge on any atom is -0.370 e. The molecule has 0 spiro atoms. The number of nitrogens with two attached hydrogens (primary N) is 2. The van der Waals surface area contributed by atoms with Gasteiger partial charge in [-0.2, -0.15) is 4.99 Å². The van der Waals surface area contributed by atoms with Crippen molar-refractivity contribution in [2.75, 3.05) is 13.1 Å². The van der Waals surface area contributed by atoms with Gasteiger partial charge in [0.15, 0.2) is 5.96 Å². The van der Waals surface area contributed by atoms with Crippen molar-refractivity contribution >= 4 is 30.2 Å². The molecule has 1 aliphatic rings. The highest BCUT2D eigenvalue weighted by molar-refractivity contribution is 6.04. The van der Waals surface area contributed by atoms with Crippen LogP contribution in [-0.4, -0.2) is 35.8 Å². The van der Waals surface area contributed by atoms with Gasteiger partial charge in [-0.3, -0.25) is 9.59 Å². The van der Waals surface area contributed by atoms with Crippen molar-refractivity contribution in [1.29, 1.82) is 0 Å². The number of guanidine groups is 1. The summed E-state index contributed by atoms with van der Waals surface area (Å²) in [5.74, 6) is -0.884. The molecule has 1 aromatic rings. The van der Waals surface area contributed by atoms with Crippen LogP contribution in [0.2, 0.25) is 0 Å². The lowest BCUT2D eigenvalue weighted by Crippen LogP contribution is -2.35. The highest BCUT2D eigenvalue weighted by Gasteiger charge is 2.19. The molecule has 0 radical (unpaired) electrons. The first-order chi connectivity index (χ1) is 9.58. The number of hydrogen-bond acceptors (Lipinski definition) is 2. The Labute approximate surface area is 129 Å². The number of rotatable bonds is 2. The van der Waals surface area contributed by atoms with Crippen molar-refractivity contribution in [3.8, 4) is 0 Å². The number of carbonyl (C=O) groups is 2. The van der Waals surface area contributed by atoms with Gasteiger partial charge in [-0.1, -0.05) is 6.07 Å². The molecule has 1 heterocycles. The lowest BCUT2D eigenvalue weighted by molar-refractivity contribution is 0.0724. The first-order valence-electron chi connectivity index (χ1n) is 6.61. The average molecular weight is 311 g/mol. The van der Waals surface area contributed by atoms with E-state index in [1.54, 1.807) is 18.2 Å². The number of halogens is 1. The highest BCUT2D eigenvalue weighted by Crippen LogP contribution is 2.14. The van der Waals surface area contributed by atoms with Crippen LogP contribution in [0.4, 0.5) is 0 Å². The molecule has 1 aliphatic heterocycles. The molecule has 7 heteroatoms. The van der Waals surface area contributed by atoms with Crippen molar-refractivity contribution < 1.29 is 9.59 Å². The molecule has 6 nitrogen and oxygen atoms in total. The van der Waals surface area contributed by atoms with Crippen molar-refractivity contribution in [2.45, 2.75) is 19.3 Å². The summed E-state index contributed by atoms with van der Waals surface area (Å²) in [6.45, 7) is 1.54. The van der Waals surface area contributed by atoms with Crippen LogP contribution in [0.1, 0.15) is 40.0 Å². The normalized spacial score (nSPS) is 14.0. The number of nitrogens with zero attached hydrogens (tertiary/aromatic N) is 2. The Morgan fingerprint density at radius 3 is 2.29 bits per heavy atom. The van der Waals surface area contributed by atoms with E-state index in [1.807, 2.05) is 4.90 Å². The minimum absolute atomic E-state index is 0. The number of aliphatic imine (C=N–C) groups is 1. The standard InChI is InChI=1S/C14H18N4O2.ClH/c15-14(16)17-12(19)10-5-4-6-11(9-10)13(20)18-7-2-1-3-8-18;/h4-6,9H,1-3,7-8H2,(H4,15,16,17,19);1H. The zero-order valence-electron chi connectivity index (χ0n) is 11.6. The summed E-state index contributed by atoms with van der Waals surface area (Å²) in [5, 5.41) is 0. The van der Waals surface area contributed by atoms with Gasteiger partial charge in [0, 0.05) is 24.2 Å². The zero-order chi connectivity index (χ0) is 14.5. The molecule has 0 saturated carbocycles. The Kier molecular flexibility index (Phi) is 6.17. The van der Waals surface area contributed by atoms with E-state index in [9.17, 15) is 9.59 Å². The van der Waals surface area contributed by atoms with Crippen LogP contribution in [0.5, 0.6) is 0 Å². The number of hydrogen-bond donors (Lipinski definition) is 2. The summed E-state index contributed by atoms with van der Waals surface area (Å²) in [7, 11) is 0. The van der Waals surface area contributed by atoms with Gasteiger partial charge in [0.2, 0.25) is 0 Å². The van der Waals surface area contributed by atoms with Gasteiger partial charge in [0.05, 0.1) is 0 Å². The molecule has 1 fully saturated rings. The first-order valence-corrected chi connectivity index (χ1v) is 6.61.